The first-order chi connectivity index (χ1) is 9.36. The van der Waals surface area contributed by atoms with Crippen molar-refractivity contribution in [3.63, 3.8) is 0 Å². The van der Waals surface area contributed by atoms with E-state index in [9.17, 15) is 19.4 Å². The van der Waals surface area contributed by atoms with Crippen molar-refractivity contribution in [2.75, 3.05) is 31.1 Å². The molecule has 0 aromatic heterocycles. The van der Waals surface area contributed by atoms with E-state index in [2.05, 4.69) is 4.90 Å². The van der Waals surface area contributed by atoms with Crippen LogP contribution in [-0.2, 0) is 0 Å². The highest BCUT2D eigenvalue weighted by Gasteiger charge is 2.65. The fraction of sp³-hybridized carbons (Fsp3) is 0.538. The van der Waals surface area contributed by atoms with Gasteiger partial charge in [-0.1, -0.05) is 25.5 Å². The standard InChI is InChI=1S/C13H19F5N2S/c1-11(2)19-6-8-20(9-7-19)12-4-3-5-13(10-12)21(14,15,16,17)18/h3-5,10-11H,6-9H2,1-2H3. The largest absolute Gasteiger partial charge is 0.369 e. The minimum Gasteiger partial charge on any atom is -0.369 e. The Morgan fingerprint density at radius 2 is 1.52 bits per heavy atom. The first-order valence-electron chi connectivity index (χ1n) is 6.70. The van der Waals surface area contributed by atoms with Crippen molar-refractivity contribution in [2.45, 2.75) is 24.8 Å². The highest BCUT2D eigenvalue weighted by molar-refractivity contribution is 8.45. The van der Waals surface area contributed by atoms with Crippen LogP contribution in [0, 0.1) is 0 Å². The van der Waals surface area contributed by atoms with Crippen LogP contribution >= 0.6 is 10.2 Å². The van der Waals surface area contributed by atoms with E-state index in [0.29, 0.717) is 44.4 Å². The minimum absolute atomic E-state index is 0.198. The number of hydrogen-bond acceptors (Lipinski definition) is 2. The van der Waals surface area contributed by atoms with E-state index in [1.165, 1.54) is 6.07 Å². The van der Waals surface area contributed by atoms with Gasteiger partial charge in [-0.3, -0.25) is 4.90 Å². The van der Waals surface area contributed by atoms with Gasteiger partial charge < -0.3 is 4.90 Å². The molecule has 21 heavy (non-hydrogen) atoms. The van der Waals surface area contributed by atoms with Gasteiger partial charge in [0, 0.05) is 37.9 Å². The highest BCUT2D eigenvalue weighted by Crippen LogP contribution is 3.02. The molecule has 0 saturated carbocycles. The third-order valence-corrected chi connectivity index (χ3v) is 4.82. The molecule has 2 rings (SSSR count). The van der Waals surface area contributed by atoms with Crippen LogP contribution in [0.15, 0.2) is 29.2 Å². The molecule has 122 valence electrons. The Bertz CT molecular complexity index is 520. The SMILES string of the molecule is CC(C)N1CCN(c2cccc(S(F)(F)(F)(F)F)c2)CC1. The van der Waals surface area contributed by atoms with Crippen LogP contribution in [0.5, 0.6) is 0 Å². The number of nitrogens with zero attached hydrogens (tertiary/aromatic N) is 2. The van der Waals surface area contributed by atoms with Crippen molar-refractivity contribution in [1.82, 2.24) is 4.90 Å². The molecule has 0 aliphatic carbocycles. The lowest BCUT2D eigenvalue weighted by atomic mass is 10.2. The number of rotatable bonds is 3. The molecule has 8 heteroatoms. The van der Waals surface area contributed by atoms with Crippen LogP contribution < -0.4 is 4.90 Å². The summed E-state index contributed by atoms with van der Waals surface area (Å²) in [6.45, 7) is 6.56. The topological polar surface area (TPSA) is 6.48 Å². The van der Waals surface area contributed by atoms with Gasteiger partial charge in [0.1, 0.15) is 4.90 Å². The maximum atomic E-state index is 12.8. The van der Waals surface area contributed by atoms with Gasteiger partial charge in [-0.05, 0) is 32.0 Å². The zero-order chi connectivity index (χ0) is 16.0. The van der Waals surface area contributed by atoms with E-state index in [4.69, 9.17) is 0 Å². The minimum atomic E-state index is -9.61. The lowest BCUT2D eigenvalue weighted by molar-refractivity contribution is 0.209. The lowest BCUT2D eigenvalue weighted by Gasteiger charge is -2.42. The summed E-state index contributed by atoms with van der Waals surface area (Å²) in [5.74, 6) is 0. The van der Waals surface area contributed by atoms with Crippen LogP contribution in [0.2, 0.25) is 0 Å². The predicted molar refractivity (Wildman–Crippen MR) is 76.8 cm³/mol. The first kappa shape index (κ1) is 16.4. The molecule has 1 aromatic rings. The van der Waals surface area contributed by atoms with Gasteiger partial charge in [0.15, 0.2) is 0 Å². The van der Waals surface area contributed by atoms with Crippen molar-refractivity contribution in [3.05, 3.63) is 24.3 Å². The summed E-state index contributed by atoms with van der Waals surface area (Å²) in [6.07, 6.45) is 0. The summed E-state index contributed by atoms with van der Waals surface area (Å²) in [4.78, 5) is 2.09. The molecule has 1 heterocycles. The number of hydrogen-bond donors (Lipinski definition) is 0. The molecule has 1 fully saturated rings. The molecule has 0 unspecified atom stereocenters. The van der Waals surface area contributed by atoms with Crippen LogP contribution in [-0.4, -0.2) is 37.1 Å². The second kappa shape index (κ2) is 4.49. The van der Waals surface area contributed by atoms with E-state index in [-0.39, 0.29) is 5.69 Å². The van der Waals surface area contributed by atoms with Crippen molar-refractivity contribution in [1.29, 1.82) is 0 Å². The van der Waals surface area contributed by atoms with E-state index < -0.39 is 15.1 Å². The molecule has 0 spiro atoms. The molecule has 1 saturated heterocycles. The molecule has 1 aliphatic heterocycles. The Hall–Kier alpha value is -1.02. The zero-order valence-corrected chi connectivity index (χ0v) is 12.7. The third kappa shape index (κ3) is 4.00. The molecule has 1 aliphatic rings. The van der Waals surface area contributed by atoms with Crippen molar-refractivity contribution >= 4 is 15.9 Å². The van der Waals surface area contributed by atoms with Crippen LogP contribution in [0.1, 0.15) is 13.8 Å². The summed E-state index contributed by atoms with van der Waals surface area (Å²) in [5, 5.41) is 0. The van der Waals surface area contributed by atoms with E-state index in [1.54, 1.807) is 4.90 Å². The number of anilines is 1. The Kier molecular flexibility index (Phi) is 3.49. The average molecular weight is 330 g/mol. The smallest absolute Gasteiger partial charge is 0.310 e. The van der Waals surface area contributed by atoms with E-state index in [0.717, 1.165) is 6.07 Å². The quantitative estimate of drug-likeness (QED) is 0.729. The maximum absolute atomic E-state index is 12.8. The summed E-state index contributed by atoms with van der Waals surface area (Å²) >= 11 is 0. The van der Waals surface area contributed by atoms with E-state index >= 15 is 0 Å². The first-order valence-corrected chi connectivity index (χ1v) is 8.65. The van der Waals surface area contributed by atoms with Gasteiger partial charge in [0.25, 0.3) is 0 Å². The molecule has 0 N–H and O–H groups in total. The molecule has 0 atom stereocenters. The highest BCUT2D eigenvalue weighted by atomic mass is 32.5. The number of halogens is 5. The Labute approximate surface area is 121 Å². The second-order valence-corrected chi connectivity index (χ2v) is 7.99. The van der Waals surface area contributed by atoms with Crippen molar-refractivity contribution in [2.24, 2.45) is 0 Å². The van der Waals surface area contributed by atoms with Crippen molar-refractivity contribution < 1.29 is 19.4 Å². The Morgan fingerprint density at radius 1 is 0.952 bits per heavy atom. The van der Waals surface area contributed by atoms with Gasteiger partial charge in [-0.25, -0.2) is 0 Å². The summed E-state index contributed by atoms with van der Waals surface area (Å²) in [7, 11) is -9.61. The lowest BCUT2D eigenvalue weighted by Crippen LogP contribution is -2.48. The summed E-state index contributed by atoms with van der Waals surface area (Å²) in [5.41, 5.74) is 0.198. The zero-order valence-electron chi connectivity index (χ0n) is 11.9. The Morgan fingerprint density at radius 3 is 2.00 bits per heavy atom. The molecular weight excluding hydrogens is 311 g/mol. The normalized spacial score (nSPS) is 21.2. The van der Waals surface area contributed by atoms with Crippen LogP contribution in [0.3, 0.4) is 0 Å². The summed E-state index contributed by atoms with van der Waals surface area (Å²) in [6, 6.07) is 3.85. The fourth-order valence-electron chi connectivity index (χ4n) is 2.42. The molecule has 0 radical (unpaired) electrons. The third-order valence-electron chi connectivity index (χ3n) is 3.67. The fourth-order valence-corrected chi connectivity index (χ4v) is 3.10. The van der Waals surface area contributed by atoms with E-state index in [1.807, 2.05) is 13.8 Å². The van der Waals surface area contributed by atoms with Gasteiger partial charge >= 0.3 is 10.2 Å². The molecule has 1 aromatic carbocycles. The van der Waals surface area contributed by atoms with Crippen molar-refractivity contribution in [3.8, 4) is 0 Å². The van der Waals surface area contributed by atoms with Crippen LogP contribution in [0.4, 0.5) is 25.1 Å². The van der Waals surface area contributed by atoms with Crippen LogP contribution in [0.25, 0.3) is 0 Å². The number of piperazine rings is 1. The number of benzene rings is 1. The second-order valence-electron chi connectivity index (χ2n) is 5.58. The Balaban J connectivity index is 2.21. The van der Waals surface area contributed by atoms with Gasteiger partial charge in [-0.2, -0.15) is 0 Å². The molecular formula is C13H19F5N2S. The molecule has 2 nitrogen and oxygen atoms in total. The average Bonchev–Trinajstić information content (AvgIpc) is 2.36. The molecule has 0 amide bonds. The van der Waals surface area contributed by atoms with Gasteiger partial charge in [0.05, 0.1) is 0 Å². The predicted octanol–water partition coefficient (Wildman–Crippen LogP) is 4.87. The monoisotopic (exact) mass is 330 g/mol. The maximum Gasteiger partial charge on any atom is 0.310 e. The molecule has 0 bridgehead atoms. The van der Waals surface area contributed by atoms with Gasteiger partial charge in [0.2, 0.25) is 0 Å². The summed E-state index contributed by atoms with van der Waals surface area (Å²) < 4.78 is 64.2. The van der Waals surface area contributed by atoms with Gasteiger partial charge in [-0.15, -0.1) is 0 Å².